The number of hydrogen-bond donors (Lipinski definition) is 1. The smallest absolute Gasteiger partial charge is 0.304 e. The fourth-order valence-corrected chi connectivity index (χ4v) is 4.78. The predicted molar refractivity (Wildman–Crippen MR) is 128 cm³/mol. The second-order valence-electron chi connectivity index (χ2n) is 10.2. The molecule has 1 fully saturated rings. The van der Waals surface area contributed by atoms with Crippen LogP contribution in [0.2, 0.25) is 0 Å². The van der Waals surface area contributed by atoms with E-state index in [1.54, 1.807) is 0 Å². The van der Waals surface area contributed by atoms with Gasteiger partial charge in [0.1, 0.15) is 5.75 Å². The Morgan fingerprint density at radius 2 is 1.71 bits per heavy atom. The minimum absolute atomic E-state index is 0.186. The number of carboxylic acids is 1. The van der Waals surface area contributed by atoms with Gasteiger partial charge < -0.3 is 9.84 Å². The standard InChI is InChI=1S/C27H39NO3/c1-5-15-28(16-14-26(29)30)19-20-6-7-22-18-25(11-8-21(22)17-20)31-24-12-9-23(10-13-24)27(2,3)4/h6-8,11,17-18,23-24H,5,9-10,12-16,19H2,1-4H3,(H,29,30). The van der Waals surface area contributed by atoms with Crippen LogP contribution in [0.1, 0.15) is 71.8 Å². The number of aliphatic carboxylic acids is 1. The minimum atomic E-state index is -0.737. The van der Waals surface area contributed by atoms with E-state index in [1.807, 2.05) is 0 Å². The van der Waals surface area contributed by atoms with Crippen molar-refractivity contribution in [2.24, 2.45) is 11.3 Å². The topological polar surface area (TPSA) is 49.8 Å². The summed E-state index contributed by atoms with van der Waals surface area (Å²) in [6, 6.07) is 12.9. The van der Waals surface area contributed by atoms with E-state index in [9.17, 15) is 4.79 Å². The van der Waals surface area contributed by atoms with E-state index in [2.05, 4.69) is 69.0 Å². The van der Waals surface area contributed by atoms with Crippen molar-refractivity contribution in [2.75, 3.05) is 13.1 Å². The zero-order chi connectivity index (χ0) is 22.4. The van der Waals surface area contributed by atoms with Gasteiger partial charge in [-0.05, 0) is 84.5 Å². The lowest BCUT2D eigenvalue weighted by Crippen LogP contribution is -2.30. The first-order chi connectivity index (χ1) is 14.7. The van der Waals surface area contributed by atoms with Crippen molar-refractivity contribution < 1.29 is 14.6 Å². The molecule has 4 nitrogen and oxygen atoms in total. The van der Waals surface area contributed by atoms with Gasteiger partial charge in [0, 0.05) is 13.1 Å². The molecule has 0 bridgehead atoms. The first-order valence-corrected chi connectivity index (χ1v) is 11.9. The largest absolute Gasteiger partial charge is 0.490 e. The Kier molecular flexibility index (Phi) is 7.99. The molecule has 1 N–H and O–H groups in total. The summed E-state index contributed by atoms with van der Waals surface area (Å²) >= 11 is 0. The summed E-state index contributed by atoms with van der Waals surface area (Å²) in [6.45, 7) is 11.5. The molecule has 1 aliphatic rings. The quantitative estimate of drug-likeness (QED) is 0.497. The Hall–Kier alpha value is -2.07. The van der Waals surface area contributed by atoms with Crippen LogP contribution in [-0.4, -0.2) is 35.2 Å². The molecule has 0 aliphatic heterocycles. The van der Waals surface area contributed by atoms with Crippen molar-refractivity contribution in [3.05, 3.63) is 42.0 Å². The van der Waals surface area contributed by atoms with Crippen molar-refractivity contribution in [1.29, 1.82) is 0 Å². The van der Waals surface area contributed by atoms with Gasteiger partial charge in [-0.2, -0.15) is 0 Å². The van der Waals surface area contributed by atoms with E-state index in [0.717, 1.165) is 44.0 Å². The molecule has 1 aliphatic carbocycles. The molecule has 0 spiro atoms. The lowest BCUT2D eigenvalue weighted by molar-refractivity contribution is -0.137. The van der Waals surface area contributed by atoms with Crippen LogP contribution in [0.3, 0.4) is 0 Å². The lowest BCUT2D eigenvalue weighted by atomic mass is 9.72. The maximum Gasteiger partial charge on any atom is 0.304 e. The molecule has 3 rings (SSSR count). The van der Waals surface area contributed by atoms with Crippen LogP contribution in [0.25, 0.3) is 10.8 Å². The molecule has 0 radical (unpaired) electrons. The number of fused-ring (bicyclic) bond motifs is 1. The molecule has 0 atom stereocenters. The number of ether oxygens (including phenoxy) is 1. The molecule has 170 valence electrons. The van der Waals surface area contributed by atoms with E-state index in [1.165, 1.54) is 29.2 Å². The van der Waals surface area contributed by atoms with Crippen LogP contribution in [0.4, 0.5) is 0 Å². The molecule has 0 aromatic heterocycles. The molecule has 2 aromatic rings. The zero-order valence-corrected chi connectivity index (χ0v) is 19.7. The first-order valence-electron chi connectivity index (χ1n) is 11.9. The van der Waals surface area contributed by atoms with E-state index < -0.39 is 5.97 Å². The summed E-state index contributed by atoms with van der Waals surface area (Å²) in [7, 11) is 0. The van der Waals surface area contributed by atoms with Crippen LogP contribution < -0.4 is 4.74 Å². The molecule has 0 saturated heterocycles. The van der Waals surface area contributed by atoms with Gasteiger partial charge in [0.05, 0.1) is 12.5 Å². The third-order valence-corrected chi connectivity index (χ3v) is 6.67. The summed E-state index contributed by atoms with van der Waals surface area (Å²) in [5.41, 5.74) is 1.62. The summed E-state index contributed by atoms with van der Waals surface area (Å²) < 4.78 is 6.34. The average molecular weight is 426 g/mol. The molecule has 0 heterocycles. The minimum Gasteiger partial charge on any atom is -0.490 e. The van der Waals surface area contributed by atoms with Gasteiger partial charge in [0.2, 0.25) is 0 Å². The molecule has 0 amide bonds. The van der Waals surface area contributed by atoms with Crippen molar-refractivity contribution in [3.8, 4) is 5.75 Å². The summed E-state index contributed by atoms with van der Waals surface area (Å²) in [4.78, 5) is 13.2. The monoisotopic (exact) mass is 425 g/mol. The highest BCUT2D eigenvalue weighted by molar-refractivity contribution is 5.84. The van der Waals surface area contributed by atoms with Crippen molar-refractivity contribution in [3.63, 3.8) is 0 Å². The van der Waals surface area contributed by atoms with Crippen molar-refractivity contribution in [2.45, 2.75) is 78.9 Å². The summed E-state index contributed by atoms with van der Waals surface area (Å²) in [5, 5.41) is 11.4. The second-order valence-corrected chi connectivity index (χ2v) is 10.2. The number of carbonyl (C=O) groups is 1. The average Bonchev–Trinajstić information content (AvgIpc) is 2.72. The number of benzene rings is 2. The highest BCUT2D eigenvalue weighted by Gasteiger charge is 2.30. The fourth-order valence-electron chi connectivity index (χ4n) is 4.78. The van der Waals surface area contributed by atoms with Crippen molar-refractivity contribution >= 4 is 16.7 Å². The highest BCUT2D eigenvalue weighted by Crippen LogP contribution is 2.39. The Bertz CT molecular complexity index is 862. The van der Waals surface area contributed by atoms with Gasteiger partial charge in [0.25, 0.3) is 0 Å². The molecule has 2 aromatic carbocycles. The van der Waals surface area contributed by atoms with E-state index in [-0.39, 0.29) is 6.42 Å². The number of nitrogens with zero attached hydrogens (tertiary/aromatic N) is 1. The summed E-state index contributed by atoms with van der Waals surface area (Å²) in [6.07, 6.45) is 6.32. The number of rotatable bonds is 9. The first kappa shape index (κ1) is 23.6. The molecule has 4 heteroatoms. The normalized spacial score (nSPS) is 19.6. The van der Waals surface area contributed by atoms with Gasteiger partial charge in [-0.25, -0.2) is 0 Å². The Balaban J connectivity index is 1.61. The SMILES string of the molecule is CCCN(CCC(=O)O)Cc1ccc2cc(OC3CCC(C(C)(C)C)CC3)ccc2c1. The van der Waals surface area contributed by atoms with E-state index in [0.29, 0.717) is 18.1 Å². The maximum atomic E-state index is 10.9. The van der Waals surface area contributed by atoms with Gasteiger partial charge in [-0.3, -0.25) is 9.69 Å². The second kappa shape index (κ2) is 10.5. The van der Waals surface area contributed by atoms with Gasteiger partial charge in [0.15, 0.2) is 0 Å². The van der Waals surface area contributed by atoms with Crippen molar-refractivity contribution in [1.82, 2.24) is 4.90 Å². The highest BCUT2D eigenvalue weighted by atomic mass is 16.5. The zero-order valence-electron chi connectivity index (χ0n) is 19.7. The third-order valence-electron chi connectivity index (χ3n) is 6.67. The van der Waals surface area contributed by atoms with Gasteiger partial charge in [-0.1, -0.05) is 45.9 Å². The van der Waals surface area contributed by atoms with E-state index >= 15 is 0 Å². The van der Waals surface area contributed by atoms with Crippen LogP contribution in [0, 0.1) is 11.3 Å². The van der Waals surface area contributed by atoms with Crippen LogP contribution in [0.15, 0.2) is 36.4 Å². The number of carboxylic acid groups (broad SMARTS) is 1. The third kappa shape index (κ3) is 6.96. The maximum absolute atomic E-state index is 10.9. The Labute approximate surface area is 187 Å². The molecule has 1 saturated carbocycles. The van der Waals surface area contributed by atoms with Crippen LogP contribution in [0.5, 0.6) is 5.75 Å². The van der Waals surface area contributed by atoms with Crippen LogP contribution in [-0.2, 0) is 11.3 Å². The Morgan fingerprint density at radius 1 is 1.03 bits per heavy atom. The molecular weight excluding hydrogens is 386 g/mol. The lowest BCUT2D eigenvalue weighted by Gasteiger charge is -2.37. The molecule has 31 heavy (non-hydrogen) atoms. The fraction of sp³-hybridized carbons (Fsp3) is 0.593. The van der Waals surface area contributed by atoms with Gasteiger partial charge >= 0.3 is 5.97 Å². The summed E-state index contributed by atoms with van der Waals surface area (Å²) in [5.74, 6) is 1.03. The Morgan fingerprint density at radius 3 is 2.35 bits per heavy atom. The van der Waals surface area contributed by atoms with Gasteiger partial charge in [-0.15, -0.1) is 0 Å². The van der Waals surface area contributed by atoms with Crippen LogP contribution >= 0.6 is 0 Å². The van der Waals surface area contributed by atoms with E-state index in [4.69, 9.17) is 9.84 Å². The number of hydrogen-bond acceptors (Lipinski definition) is 3. The molecule has 0 unspecified atom stereocenters. The predicted octanol–water partition coefficient (Wildman–Crippen LogP) is 6.51. The molecular formula is C27H39NO3.